The molecule has 1 rings (SSSR count). The number of amides is 2. The van der Waals surface area contributed by atoms with E-state index in [9.17, 15) is 9.59 Å². The van der Waals surface area contributed by atoms with Gasteiger partial charge in [-0.25, -0.2) is 0 Å². The van der Waals surface area contributed by atoms with E-state index in [1.165, 1.54) is 0 Å². The molecule has 2 amide bonds. The summed E-state index contributed by atoms with van der Waals surface area (Å²) in [5.74, 6) is 0.204. The summed E-state index contributed by atoms with van der Waals surface area (Å²) < 4.78 is 5.96. The van der Waals surface area contributed by atoms with E-state index in [2.05, 4.69) is 40.4 Å². The molecule has 1 aromatic carbocycles. The number of methoxy groups -OCH3 is 1. The molecule has 0 spiro atoms. The van der Waals surface area contributed by atoms with Crippen LogP contribution in [-0.2, 0) is 4.79 Å². The maximum atomic E-state index is 11.9. The number of rotatable bonds is 6. The second-order valence-electron chi connectivity index (χ2n) is 4.31. The molecular formula is C14H19IN2O3. The van der Waals surface area contributed by atoms with Crippen molar-refractivity contribution in [2.24, 2.45) is 0 Å². The molecule has 0 saturated heterocycles. The lowest BCUT2D eigenvalue weighted by atomic mass is 10.2. The molecule has 0 fully saturated rings. The number of benzene rings is 1. The molecule has 0 aliphatic carbocycles. The van der Waals surface area contributed by atoms with E-state index < -0.39 is 0 Å². The zero-order valence-electron chi connectivity index (χ0n) is 11.7. The van der Waals surface area contributed by atoms with E-state index in [0.29, 0.717) is 17.7 Å². The Bertz CT molecular complexity index is 477. The Balaban J connectivity index is 2.46. The van der Waals surface area contributed by atoms with Crippen molar-refractivity contribution in [3.05, 3.63) is 27.3 Å². The molecule has 0 bridgehead atoms. The van der Waals surface area contributed by atoms with Gasteiger partial charge in [-0.05, 0) is 47.2 Å². The summed E-state index contributed by atoms with van der Waals surface area (Å²) in [5, 5.41) is 0. The number of carbonyl (C=O) groups excluding carboxylic acids is 2. The van der Waals surface area contributed by atoms with Gasteiger partial charge in [0.1, 0.15) is 5.75 Å². The first-order valence-corrected chi connectivity index (χ1v) is 7.59. The Morgan fingerprint density at radius 3 is 2.60 bits per heavy atom. The predicted octanol–water partition coefficient (Wildman–Crippen LogP) is 2.64. The summed E-state index contributed by atoms with van der Waals surface area (Å²) in [6.45, 7) is 2.07. The first-order valence-electron chi connectivity index (χ1n) is 6.51. The van der Waals surface area contributed by atoms with Gasteiger partial charge in [0.25, 0.3) is 5.91 Å². The molecule has 0 aliphatic heterocycles. The summed E-state index contributed by atoms with van der Waals surface area (Å²) in [7, 11) is 1.58. The van der Waals surface area contributed by atoms with Crippen LogP contribution in [0, 0.1) is 3.57 Å². The smallest absolute Gasteiger partial charge is 0.269 e. The van der Waals surface area contributed by atoms with E-state index in [-0.39, 0.29) is 11.8 Å². The largest absolute Gasteiger partial charge is 0.496 e. The number of nitrogens with one attached hydrogen (secondary N) is 2. The fraction of sp³-hybridized carbons (Fsp3) is 0.429. The molecule has 20 heavy (non-hydrogen) atoms. The van der Waals surface area contributed by atoms with Crippen molar-refractivity contribution in [1.29, 1.82) is 0 Å². The van der Waals surface area contributed by atoms with Crippen molar-refractivity contribution in [1.82, 2.24) is 10.9 Å². The lowest BCUT2D eigenvalue weighted by Crippen LogP contribution is -2.41. The third kappa shape index (κ3) is 5.36. The van der Waals surface area contributed by atoms with Crippen LogP contribution >= 0.6 is 22.6 Å². The van der Waals surface area contributed by atoms with Gasteiger partial charge in [0.15, 0.2) is 0 Å². The van der Waals surface area contributed by atoms with Gasteiger partial charge >= 0.3 is 0 Å². The maximum absolute atomic E-state index is 11.9. The minimum atomic E-state index is -0.339. The third-order valence-corrected chi connectivity index (χ3v) is 3.58. The van der Waals surface area contributed by atoms with Crippen LogP contribution in [0.2, 0.25) is 0 Å². The molecule has 110 valence electrons. The summed E-state index contributed by atoms with van der Waals surface area (Å²) >= 11 is 2.09. The van der Waals surface area contributed by atoms with Crippen molar-refractivity contribution in [3.8, 4) is 5.75 Å². The topological polar surface area (TPSA) is 67.4 Å². The molecule has 0 aliphatic rings. The Labute approximate surface area is 132 Å². The normalized spacial score (nSPS) is 9.95. The molecule has 0 unspecified atom stereocenters. The summed E-state index contributed by atoms with van der Waals surface area (Å²) in [6, 6.07) is 5.08. The molecule has 0 aromatic heterocycles. The van der Waals surface area contributed by atoms with Crippen molar-refractivity contribution < 1.29 is 14.3 Å². The van der Waals surface area contributed by atoms with Crippen molar-refractivity contribution in [2.75, 3.05) is 7.11 Å². The van der Waals surface area contributed by atoms with Crippen LogP contribution in [0.4, 0.5) is 0 Å². The highest BCUT2D eigenvalue weighted by molar-refractivity contribution is 14.1. The number of hydrogen-bond donors (Lipinski definition) is 2. The predicted molar refractivity (Wildman–Crippen MR) is 85.5 cm³/mol. The van der Waals surface area contributed by atoms with E-state index in [1.807, 2.05) is 0 Å². The number of carbonyl (C=O) groups is 2. The van der Waals surface area contributed by atoms with Gasteiger partial charge in [0.05, 0.1) is 10.7 Å². The number of hydrogen-bond acceptors (Lipinski definition) is 3. The maximum Gasteiger partial charge on any atom is 0.269 e. The highest BCUT2D eigenvalue weighted by Gasteiger charge is 2.09. The minimum absolute atomic E-state index is 0.171. The van der Waals surface area contributed by atoms with Gasteiger partial charge in [-0.3, -0.25) is 20.4 Å². The molecule has 2 N–H and O–H groups in total. The van der Waals surface area contributed by atoms with Gasteiger partial charge in [0, 0.05) is 12.0 Å². The first-order chi connectivity index (χ1) is 9.58. The van der Waals surface area contributed by atoms with Crippen LogP contribution in [0.3, 0.4) is 0 Å². The van der Waals surface area contributed by atoms with Crippen LogP contribution in [-0.4, -0.2) is 18.9 Å². The Morgan fingerprint density at radius 1 is 1.25 bits per heavy atom. The number of ether oxygens (including phenoxy) is 1. The van der Waals surface area contributed by atoms with Gasteiger partial charge in [0.2, 0.25) is 5.91 Å². The fourth-order valence-electron chi connectivity index (χ4n) is 1.60. The number of unbranched alkanes of at least 4 members (excludes halogenated alkanes) is 2. The lowest BCUT2D eigenvalue weighted by molar-refractivity contribution is -0.121. The molecule has 6 heteroatoms. The molecule has 0 atom stereocenters. The summed E-state index contributed by atoms with van der Waals surface area (Å²) in [6.07, 6.45) is 3.33. The van der Waals surface area contributed by atoms with Gasteiger partial charge in [-0.15, -0.1) is 0 Å². The van der Waals surface area contributed by atoms with Crippen molar-refractivity contribution in [3.63, 3.8) is 0 Å². The second-order valence-corrected chi connectivity index (χ2v) is 5.47. The number of hydrazine groups is 1. The molecule has 0 heterocycles. The summed E-state index contributed by atoms with van der Waals surface area (Å²) in [5.41, 5.74) is 5.30. The van der Waals surface area contributed by atoms with E-state index in [1.54, 1.807) is 25.3 Å². The van der Waals surface area contributed by atoms with E-state index in [4.69, 9.17) is 4.74 Å². The van der Waals surface area contributed by atoms with Gasteiger partial charge < -0.3 is 4.74 Å². The zero-order chi connectivity index (χ0) is 15.0. The second kappa shape index (κ2) is 8.78. The minimum Gasteiger partial charge on any atom is -0.496 e. The van der Waals surface area contributed by atoms with Crippen LogP contribution in [0.25, 0.3) is 0 Å². The third-order valence-electron chi connectivity index (χ3n) is 2.74. The summed E-state index contributed by atoms with van der Waals surface area (Å²) in [4.78, 5) is 23.3. The first kappa shape index (κ1) is 16.7. The van der Waals surface area contributed by atoms with Gasteiger partial charge in [-0.1, -0.05) is 19.8 Å². The molecule has 0 radical (unpaired) electrons. The Kier molecular flexibility index (Phi) is 7.35. The molecule has 5 nitrogen and oxygen atoms in total. The van der Waals surface area contributed by atoms with Gasteiger partial charge in [-0.2, -0.15) is 0 Å². The molecule has 0 saturated carbocycles. The zero-order valence-corrected chi connectivity index (χ0v) is 13.8. The molecule has 1 aromatic rings. The van der Waals surface area contributed by atoms with E-state index in [0.717, 1.165) is 22.8 Å². The van der Waals surface area contributed by atoms with E-state index >= 15 is 0 Å². The Morgan fingerprint density at radius 2 is 2.00 bits per heavy atom. The standard InChI is InChI=1S/C14H19IN2O3/c1-3-4-5-6-13(18)16-17-14(19)10-7-8-12(20-2)11(15)9-10/h7-9H,3-6H2,1-2H3,(H,16,18)(H,17,19). The van der Waals surface area contributed by atoms with Crippen LogP contribution in [0.1, 0.15) is 43.0 Å². The van der Waals surface area contributed by atoms with Crippen LogP contribution < -0.4 is 15.6 Å². The molecular weight excluding hydrogens is 371 g/mol. The quantitative estimate of drug-likeness (QED) is 0.446. The average Bonchev–Trinajstić information content (AvgIpc) is 2.45. The highest BCUT2D eigenvalue weighted by Crippen LogP contribution is 2.21. The SMILES string of the molecule is CCCCCC(=O)NNC(=O)c1ccc(OC)c(I)c1. The van der Waals surface area contributed by atoms with Crippen molar-refractivity contribution >= 4 is 34.4 Å². The number of halogens is 1. The monoisotopic (exact) mass is 390 g/mol. The fourth-order valence-corrected chi connectivity index (χ4v) is 2.34. The van der Waals surface area contributed by atoms with Crippen LogP contribution in [0.5, 0.6) is 5.75 Å². The highest BCUT2D eigenvalue weighted by atomic mass is 127. The average molecular weight is 390 g/mol. The van der Waals surface area contributed by atoms with Crippen LogP contribution in [0.15, 0.2) is 18.2 Å². The lowest BCUT2D eigenvalue weighted by Gasteiger charge is -2.09. The Hall–Kier alpha value is -1.31. The van der Waals surface area contributed by atoms with Crippen molar-refractivity contribution in [2.45, 2.75) is 32.6 Å².